The van der Waals surface area contributed by atoms with Gasteiger partial charge < -0.3 is 29.9 Å². The lowest BCUT2D eigenvalue weighted by Gasteiger charge is -2.40. The van der Waals surface area contributed by atoms with Gasteiger partial charge in [-0.05, 0) is 0 Å². The van der Waals surface area contributed by atoms with E-state index < -0.39 is 47.0 Å². The van der Waals surface area contributed by atoms with E-state index in [2.05, 4.69) is 0 Å². The molecule has 106 valence electrons. The monoisotopic (exact) mass is 323 g/mol. The Morgan fingerprint density at radius 1 is 1.22 bits per heavy atom. The second-order valence-corrected chi connectivity index (χ2v) is 5.92. The molecule has 5 atom stereocenters. The number of hydrogen-bond donors (Lipinski definition) is 5. The Labute approximate surface area is 117 Å². The van der Waals surface area contributed by atoms with Crippen molar-refractivity contribution in [3.8, 4) is 0 Å². The van der Waals surface area contributed by atoms with Crippen LogP contribution in [0.2, 0.25) is 0 Å². The van der Waals surface area contributed by atoms with Crippen molar-refractivity contribution < 1.29 is 29.9 Å². The van der Waals surface area contributed by atoms with Crippen LogP contribution < -0.4 is 0 Å². The maximum absolute atomic E-state index is 9.67. The molecule has 0 aromatic carbocycles. The van der Waals surface area contributed by atoms with E-state index in [1.165, 1.54) is 0 Å². The highest BCUT2D eigenvalue weighted by atomic mass is 35.6. The molecule has 0 amide bonds. The van der Waals surface area contributed by atoms with Gasteiger partial charge in [-0.1, -0.05) is 34.8 Å². The Kier molecular flexibility index (Phi) is 5.45. The van der Waals surface area contributed by atoms with Crippen LogP contribution in [-0.4, -0.2) is 67.4 Å². The lowest BCUT2D eigenvalue weighted by atomic mass is 9.99. The van der Waals surface area contributed by atoms with Crippen LogP contribution in [0.25, 0.3) is 0 Å². The fourth-order valence-electron chi connectivity index (χ4n) is 1.40. The predicted molar refractivity (Wildman–Crippen MR) is 62.9 cm³/mol. The third kappa shape index (κ3) is 3.58. The Balaban J connectivity index is 2.74. The number of aliphatic hydroxyl groups is 4. The van der Waals surface area contributed by atoms with Crippen molar-refractivity contribution in [1.29, 1.82) is 5.41 Å². The molecule has 1 saturated heterocycles. The molecule has 0 saturated carbocycles. The molecule has 0 aromatic rings. The molecule has 0 spiro atoms. The smallest absolute Gasteiger partial charge is 0.265 e. The summed E-state index contributed by atoms with van der Waals surface area (Å²) in [5, 5.41) is 44.9. The zero-order chi connectivity index (χ0) is 14.1. The third-order valence-electron chi connectivity index (χ3n) is 2.35. The number of hydrogen-bond acceptors (Lipinski definition) is 7. The molecular weight excluding hydrogens is 312 g/mol. The molecule has 0 radical (unpaired) electrons. The fourth-order valence-corrected chi connectivity index (χ4v) is 1.54. The average Bonchev–Trinajstić information content (AvgIpc) is 2.27. The number of alkyl halides is 3. The summed E-state index contributed by atoms with van der Waals surface area (Å²) in [6.07, 6.45) is -7.49. The summed E-state index contributed by atoms with van der Waals surface area (Å²) in [6.45, 7) is -0.607. The average molecular weight is 325 g/mol. The first-order valence-electron chi connectivity index (χ1n) is 4.81. The maximum atomic E-state index is 9.67. The van der Waals surface area contributed by atoms with E-state index in [0.717, 1.165) is 0 Å². The van der Waals surface area contributed by atoms with Crippen LogP contribution >= 0.6 is 34.8 Å². The predicted octanol–water partition coefficient (Wildman–Crippen LogP) is -0.850. The molecule has 1 unspecified atom stereocenters. The van der Waals surface area contributed by atoms with E-state index in [0.29, 0.717) is 0 Å². The third-order valence-corrected chi connectivity index (χ3v) is 2.87. The number of rotatable bonds is 2. The summed E-state index contributed by atoms with van der Waals surface area (Å²) in [6, 6.07) is 0. The number of ether oxygens (including phenoxy) is 2. The molecule has 0 aliphatic carbocycles. The second kappa shape index (κ2) is 6.06. The maximum Gasteiger partial charge on any atom is 0.265 e. The van der Waals surface area contributed by atoms with E-state index in [-0.39, 0.29) is 0 Å². The Morgan fingerprint density at radius 2 is 1.78 bits per heavy atom. The first-order chi connectivity index (χ1) is 8.18. The Morgan fingerprint density at radius 3 is 2.22 bits per heavy atom. The van der Waals surface area contributed by atoms with Crippen LogP contribution in [0.4, 0.5) is 0 Å². The van der Waals surface area contributed by atoms with Gasteiger partial charge in [0.1, 0.15) is 18.3 Å². The molecule has 18 heavy (non-hydrogen) atoms. The normalized spacial score (nSPS) is 37.4. The van der Waals surface area contributed by atoms with Crippen molar-refractivity contribution in [2.75, 3.05) is 6.61 Å². The van der Waals surface area contributed by atoms with Gasteiger partial charge in [0.2, 0.25) is 5.90 Å². The summed E-state index contributed by atoms with van der Waals surface area (Å²) in [5.74, 6) is -0.839. The summed E-state index contributed by atoms with van der Waals surface area (Å²) >= 11 is 16.1. The van der Waals surface area contributed by atoms with Gasteiger partial charge in [-0.25, -0.2) is 0 Å². The molecule has 1 rings (SSSR count). The van der Waals surface area contributed by atoms with Crippen molar-refractivity contribution >= 4 is 40.7 Å². The van der Waals surface area contributed by atoms with E-state index in [1.54, 1.807) is 0 Å². The first kappa shape index (κ1) is 16.2. The fraction of sp³-hybridized carbons (Fsp3) is 0.875. The second-order valence-electron chi connectivity index (χ2n) is 3.64. The Bertz CT molecular complexity index is 312. The number of halogens is 3. The van der Waals surface area contributed by atoms with Gasteiger partial charge in [0.25, 0.3) is 3.79 Å². The van der Waals surface area contributed by atoms with Gasteiger partial charge in [-0.15, -0.1) is 0 Å². The SMILES string of the molecule is N=C(O[C@H]1C(O)O[C@H](CO)[C@@H](O)[C@@H]1O)C(Cl)(Cl)Cl. The molecule has 0 bridgehead atoms. The lowest BCUT2D eigenvalue weighted by Crippen LogP contribution is -2.60. The van der Waals surface area contributed by atoms with Gasteiger partial charge in [0, 0.05) is 0 Å². The minimum Gasteiger partial charge on any atom is -0.466 e. The van der Waals surface area contributed by atoms with Gasteiger partial charge in [0.05, 0.1) is 6.61 Å². The summed E-state index contributed by atoms with van der Waals surface area (Å²) in [7, 11) is 0. The summed E-state index contributed by atoms with van der Waals surface area (Å²) < 4.78 is 7.38. The number of nitrogens with one attached hydrogen (secondary N) is 1. The summed E-state index contributed by atoms with van der Waals surface area (Å²) in [5.41, 5.74) is 0. The van der Waals surface area contributed by atoms with Gasteiger partial charge >= 0.3 is 0 Å². The molecule has 0 aromatic heterocycles. The Hall–Kier alpha value is 0.140. The van der Waals surface area contributed by atoms with Crippen molar-refractivity contribution in [2.45, 2.75) is 34.5 Å². The minimum atomic E-state index is -2.17. The highest BCUT2D eigenvalue weighted by Gasteiger charge is 2.47. The van der Waals surface area contributed by atoms with Gasteiger partial charge in [0.15, 0.2) is 12.4 Å². The van der Waals surface area contributed by atoms with Crippen molar-refractivity contribution in [2.24, 2.45) is 0 Å². The molecule has 1 aliphatic heterocycles. The molecule has 1 heterocycles. The summed E-state index contributed by atoms with van der Waals surface area (Å²) in [4.78, 5) is 0. The van der Waals surface area contributed by atoms with Crippen molar-refractivity contribution in [3.63, 3.8) is 0 Å². The van der Waals surface area contributed by atoms with Crippen molar-refractivity contribution in [1.82, 2.24) is 0 Å². The highest BCUT2D eigenvalue weighted by Crippen LogP contribution is 2.30. The van der Waals surface area contributed by atoms with Crippen LogP contribution in [0.3, 0.4) is 0 Å². The van der Waals surface area contributed by atoms with Crippen LogP contribution in [0.15, 0.2) is 0 Å². The van der Waals surface area contributed by atoms with E-state index in [1.807, 2.05) is 0 Å². The molecular formula is C8H12Cl3NO6. The molecule has 7 nitrogen and oxygen atoms in total. The van der Waals surface area contributed by atoms with Crippen LogP contribution in [0.1, 0.15) is 0 Å². The zero-order valence-electron chi connectivity index (χ0n) is 8.83. The van der Waals surface area contributed by atoms with E-state index in [4.69, 9.17) is 54.8 Å². The topological polar surface area (TPSA) is 123 Å². The largest absolute Gasteiger partial charge is 0.466 e. The highest BCUT2D eigenvalue weighted by molar-refractivity contribution is 6.76. The minimum absolute atomic E-state index is 0.607. The van der Waals surface area contributed by atoms with Gasteiger partial charge in [-0.3, -0.25) is 5.41 Å². The van der Waals surface area contributed by atoms with E-state index >= 15 is 0 Å². The van der Waals surface area contributed by atoms with E-state index in [9.17, 15) is 15.3 Å². The number of aliphatic hydroxyl groups excluding tert-OH is 4. The molecule has 1 fully saturated rings. The van der Waals surface area contributed by atoms with Crippen LogP contribution in [0, 0.1) is 5.41 Å². The van der Waals surface area contributed by atoms with Gasteiger partial charge in [-0.2, -0.15) is 0 Å². The first-order valence-corrected chi connectivity index (χ1v) is 5.94. The quantitative estimate of drug-likeness (QED) is 0.256. The van der Waals surface area contributed by atoms with Crippen molar-refractivity contribution in [3.05, 3.63) is 0 Å². The molecule has 1 aliphatic rings. The molecule has 5 N–H and O–H groups in total. The molecule has 10 heteroatoms. The standard InChI is InChI=1S/C8H12Cl3NO6/c9-8(10,11)7(12)18-5-4(15)3(14)2(1-13)17-6(5)16/h2-6,12-16H,1H2/t2-,3-,4+,5-,6?/m1/s1. The zero-order valence-corrected chi connectivity index (χ0v) is 11.1. The van der Waals surface area contributed by atoms with Crippen LogP contribution in [-0.2, 0) is 9.47 Å². The van der Waals surface area contributed by atoms with Crippen LogP contribution in [0.5, 0.6) is 0 Å². The lowest BCUT2D eigenvalue weighted by molar-refractivity contribution is -0.283.